The van der Waals surface area contributed by atoms with Gasteiger partial charge >= 0.3 is 0 Å². The second-order valence-corrected chi connectivity index (χ2v) is 6.28. The van der Waals surface area contributed by atoms with Gasteiger partial charge in [0.25, 0.3) is 0 Å². The molecule has 0 aliphatic heterocycles. The molecule has 1 aromatic carbocycles. The maximum Gasteiger partial charge on any atom is 0.247 e. The highest BCUT2D eigenvalue weighted by Gasteiger charge is 2.15. The predicted molar refractivity (Wildman–Crippen MR) is 93.7 cm³/mol. The number of nitrogens with two attached hydrogens (primary N) is 2. The summed E-state index contributed by atoms with van der Waals surface area (Å²) in [7, 11) is 0. The number of carbonyl (C=O) groups excluding carboxylic acids is 3. The largest absolute Gasteiger partial charge is 0.368 e. The minimum Gasteiger partial charge on any atom is -0.368 e. The van der Waals surface area contributed by atoms with Gasteiger partial charge in [0, 0.05) is 15.8 Å². The van der Waals surface area contributed by atoms with E-state index in [4.69, 9.17) is 11.5 Å². The molecule has 0 aliphatic carbocycles. The number of amides is 3. The van der Waals surface area contributed by atoms with E-state index in [9.17, 15) is 18.8 Å². The molecule has 1 heterocycles. The van der Waals surface area contributed by atoms with Crippen LogP contribution in [0, 0.1) is 5.82 Å². The summed E-state index contributed by atoms with van der Waals surface area (Å²) in [5.41, 5.74) is 11.0. The number of carbonyl (C=O) groups is 3. The SMILES string of the molecule is NC(=O)CN(CC(N)=O)C(=O)C=Cc1ccc(-c2ccc(F)cc2)s1. The lowest BCUT2D eigenvalue weighted by Gasteiger charge is -2.17. The van der Waals surface area contributed by atoms with Crippen LogP contribution in [0.3, 0.4) is 0 Å². The molecule has 0 atom stereocenters. The van der Waals surface area contributed by atoms with Gasteiger partial charge in [0.2, 0.25) is 17.7 Å². The average Bonchev–Trinajstić information content (AvgIpc) is 3.00. The summed E-state index contributed by atoms with van der Waals surface area (Å²) in [5.74, 6) is -2.33. The van der Waals surface area contributed by atoms with Gasteiger partial charge in [0.05, 0.1) is 0 Å². The van der Waals surface area contributed by atoms with Crippen LogP contribution in [0.5, 0.6) is 0 Å². The molecule has 0 saturated carbocycles. The fourth-order valence-corrected chi connectivity index (χ4v) is 2.97. The maximum atomic E-state index is 13.0. The van der Waals surface area contributed by atoms with Crippen molar-refractivity contribution in [3.05, 3.63) is 53.2 Å². The van der Waals surface area contributed by atoms with Crippen molar-refractivity contribution in [2.45, 2.75) is 0 Å². The van der Waals surface area contributed by atoms with E-state index in [2.05, 4.69) is 0 Å². The first-order valence-corrected chi connectivity index (χ1v) is 8.06. The zero-order valence-electron chi connectivity index (χ0n) is 13.1. The van der Waals surface area contributed by atoms with Crippen molar-refractivity contribution in [3.8, 4) is 10.4 Å². The fraction of sp³-hybridized carbons (Fsp3) is 0.118. The third kappa shape index (κ3) is 5.54. The van der Waals surface area contributed by atoms with E-state index in [1.807, 2.05) is 6.07 Å². The molecule has 2 aromatic rings. The fourth-order valence-electron chi connectivity index (χ4n) is 2.06. The Morgan fingerprint density at radius 2 is 1.60 bits per heavy atom. The Labute approximate surface area is 147 Å². The second kappa shape index (κ2) is 8.20. The van der Waals surface area contributed by atoms with Crippen LogP contribution in [-0.4, -0.2) is 35.7 Å². The molecule has 0 fully saturated rings. The van der Waals surface area contributed by atoms with Crippen LogP contribution in [0.1, 0.15) is 4.88 Å². The van der Waals surface area contributed by atoms with E-state index < -0.39 is 30.8 Å². The van der Waals surface area contributed by atoms with E-state index >= 15 is 0 Å². The molecule has 8 heteroatoms. The highest BCUT2D eigenvalue weighted by atomic mass is 32.1. The van der Waals surface area contributed by atoms with Gasteiger partial charge in [-0.05, 0) is 35.9 Å². The maximum absolute atomic E-state index is 13.0. The Morgan fingerprint density at radius 1 is 1.00 bits per heavy atom. The molecule has 130 valence electrons. The van der Waals surface area contributed by atoms with Gasteiger partial charge in [-0.1, -0.05) is 12.1 Å². The van der Waals surface area contributed by atoms with Gasteiger partial charge in [-0.15, -0.1) is 11.3 Å². The molecular formula is C17H16FN3O3S. The molecule has 0 aliphatic rings. The van der Waals surface area contributed by atoms with Gasteiger partial charge in [-0.25, -0.2) is 4.39 Å². The van der Waals surface area contributed by atoms with E-state index in [1.165, 1.54) is 29.5 Å². The lowest BCUT2D eigenvalue weighted by Crippen LogP contribution is -2.42. The Kier molecular flexibility index (Phi) is 6.02. The molecule has 0 saturated heterocycles. The number of halogens is 1. The molecule has 0 bridgehead atoms. The molecule has 6 nitrogen and oxygen atoms in total. The summed E-state index contributed by atoms with van der Waals surface area (Å²) in [4.78, 5) is 36.7. The second-order valence-electron chi connectivity index (χ2n) is 5.17. The van der Waals surface area contributed by atoms with Crippen LogP contribution >= 0.6 is 11.3 Å². The molecule has 4 N–H and O–H groups in total. The van der Waals surface area contributed by atoms with Crippen molar-refractivity contribution in [3.63, 3.8) is 0 Å². The zero-order valence-corrected chi connectivity index (χ0v) is 14.0. The molecule has 0 radical (unpaired) electrons. The van der Waals surface area contributed by atoms with E-state index in [0.29, 0.717) is 0 Å². The number of hydrogen-bond donors (Lipinski definition) is 2. The Hall–Kier alpha value is -3.00. The molecule has 1 aromatic heterocycles. The minimum absolute atomic E-state index is 0.310. The standard InChI is InChI=1S/C17H16FN3O3S/c18-12-3-1-11(2-4-12)14-7-5-13(25-14)6-8-17(24)21(9-15(19)22)10-16(20)23/h1-8H,9-10H2,(H2,19,22)(H2,20,23). The van der Waals surface area contributed by atoms with Crippen LogP contribution in [-0.2, 0) is 14.4 Å². The van der Waals surface area contributed by atoms with Crippen molar-refractivity contribution in [1.82, 2.24) is 4.90 Å². The van der Waals surface area contributed by atoms with Crippen molar-refractivity contribution < 1.29 is 18.8 Å². The average molecular weight is 361 g/mol. The van der Waals surface area contributed by atoms with Gasteiger partial charge < -0.3 is 16.4 Å². The van der Waals surface area contributed by atoms with Crippen LogP contribution in [0.2, 0.25) is 0 Å². The molecule has 2 rings (SSSR count). The molecule has 25 heavy (non-hydrogen) atoms. The third-order valence-electron chi connectivity index (χ3n) is 3.15. The van der Waals surface area contributed by atoms with Gasteiger partial charge in [0.1, 0.15) is 18.9 Å². The minimum atomic E-state index is -0.738. The molecule has 3 amide bonds. The first-order valence-electron chi connectivity index (χ1n) is 7.24. The summed E-state index contributed by atoms with van der Waals surface area (Å²) >= 11 is 1.41. The summed E-state index contributed by atoms with van der Waals surface area (Å²) in [5, 5.41) is 0. The lowest BCUT2D eigenvalue weighted by molar-refractivity contribution is -0.134. The smallest absolute Gasteiger partial charge is 0.247 e. The highest BCUT2D eigenvalue weighted by molar-refractivity contribution is 7.16. The highest BCUT2D eigenvalue weighted by Crippen LogP contribution is 2.28. The number of hydrogen-bond acceptors (Lipinski definition) is 4. The van der Waals surface area contributed by atoms with Crippen molar-refractivity contribution in [1.29, 1.82) is 0 Å². The summed E-state index contributed by atoms with van der Waals surface area (Å²) in [6, 6.07) is 9.74. The number of primary amides is 2. The van der Waals surface area contributed by atoms with E-state index in [0.717, 1.165) is 20.2 Å². The normalized spacial score (nSPS) is 10.8. The molecule has 0 unspecified atom stereocenters. The van der Waals surface area contributed by atoms with Gasteiger partial charge in [0.15, 0.2) is 0 Å². The van der Waals surface area contributed by atoms with Crippen molar-refractivity contribution >= 4 is 35.1 Å². The quantitative estimate of drug-likeness (QED) is 0.727. The predicted octanol–water partition coefficient (Wildman–Crippen LogP) is 1.37. The van der Waals surface area contributed by atoms with Crippen LogP contribution in [0.15, 0.2) is 42.5 Å². The Balaban J connectivity index is 2.09. The monoisotopic (exact) mass is 361 g/mol. The first kappa shape index (κ1) is 18.3. The number of benzene rings is 1. The van der Waals surface area contributed by atoms with E-state index in [-0.39, 0.29) is 5.82 Å². The third-order valence-corrected chi connectivity index (χ3v) is 4.25. The molecule has 0 spiro atoms. The first-order chi connectivity index (χ1) is 11.8. The van der Waals surface area contributed by atoms with Crippen LogP contribution in [0.4, 0.5) is 4.39 Å². The van der Waals surface area contributed by atoms with Crippen LogP contribution < -0.4 is 11.5 Å². The van der Waals surface area contributed by atoms with Crippen molar-refractivity contribution in [2.75, 3.05) is 13.1 Å². The Morgan fingerprint density at radius 3 is 2.16 bits per heavy atom. The summed E-state index contributed by atoms with van der Waals surface area (Å²) < 4.78 is 13.0. The van der Waals surface area contributed by atoms with Crippen LogP contribution in [0.25, 0.3) is 16.5 Å². The number of thiophene rings is 1. The van der Waals surface area contributed by atoms with Gasteiger partial charge in [-0.2, -0.15) is 0 Å². The lowest BCUT2D eigenvalue weighted by atomic mass is 10.2. The summed E-state index contributed by atoms with van der Waals surface area (Å²) in [6.45, 7) is -0.783. The molecular weight excluding hydrogens is 345 g/mol. The zero-order chi connectivity index (χ0) is 18.4. The topological polar surface area (TPSA) is 106 Å². The summed E-state index contributed by atoms with van der Waals surface area (Å²) in [6.07, 6.45) is 2.81. The van der Waals surface area contributed by atoms with E-state index in [1.54, 1.807) is 24.3 Å². The number of rotatable bonds is 7. The van der Waals surface area contributed by atoms with Gasteiger partial charge in [-0.3, -0.25) is 14.4 Å². The Bertz CT molecular complexity index is 799. The number of nitrogens with zero attached hydrogens (tertiary/aromatic N) is 1. The van der Waals surface area contributed by atoms with Crippen molar-refractivity contribution in [2.24, 2.45) is 11.5 Å².